The molecular formula is C21H26N4O4S. The average Bonchev–Trinajstić information content (AvgIpc) is 3.32. The molecule has 1 fully saturated rings. The third-order valence-electron chi connectivity index (χ3n) is 6.15. The normalized spacial score (nSPS) is 25.3. The van der Waals surface area contributed by atoms with Crippen molar-refractivity contribution in [3.05, 3.63) is 42.1 Å². The lowest BCUT2D eigenvalue weighted by atomic mass is 10.1. The van der Waals surface area contributed by atoms with Crippen molar-refractivity contribution in [2.24, 2.45) is 0 Å². The number of anilines is 1. The molecule has 8 nitrogen and oxygen atoms in total. The van der Waals surface area contributed by atoms with E-state index >= 15 is 0 Å². The van der Waals surface area contributed by atoms with Crippen LogP contribution in [0.1, 0.15) is 19.4 Å². The van der Waals surface area contributed by atoms with E-state index in [-0.39, 0.29) is 29.8 Å². The minimum Gasteiger partial charge on any atom is -0.454 e. The number of ether oxygens (including phenoxy) is 2. The molecule has 1 aromatic carbocycles. The Kier molecular flexibility index (Phi) is 4.64. The zero-order chi connectivity index (χ0) is 21.0. The van der Waals surface area contributed by atoms with Crippen LogP contribution in [0.5, 0.6) is 11.5 Å². The first-order valence-corrected chi connectivity index (χ1v) is 11.6. The van der Waals surface area contributed by atoms with Crippen LogP contribution in [0.4, 0.5) is 5.82 Å². The predicted octanol–water partition coefficient (Wildman–Crippen LogP) is 1.91. The smallest absolute Gasteiger partial charge is 0.247 e. The summed E-state index contributed by atoms with van der Waals surface area (Å²) in [4.78, 5) is 9.07. The van der Waals surface area contributed by atoms with Gasteiger partial charge in [0.25, 0.3) is 0 Å². The second kappa shape index (κ2) is 7.11. The van der Waals surface area contributed by atoms with Gasteiger partial charge < -0.3 is 14.4 Å². The Morgan fingerprint density at radius 1 is 1.13 bits per heavy atom. The van der Waals surface area contributed by atoms with Crippen molar-refractivity contribution in [1.29, 1.82) is 0 Å². The number of rotatable bonds is 3. The molecule has 3 aliphatic rings. The zero-order valence-electron chi connectivity index (χ0n) is 17.4. The maximum atomic E-state index is 13.6. The highest BCUT2D eigenvalue weighted by molar-refractivity contribution is 7.89. The molecule has 0 aliphatic carbocycles. The molecule has 2 aromatic rings. The van der Waals surface area contributed by atoms with Gasteiger partial charge >= 0.3 is 0 Å². The van der Waals surface area contributed by atoms with Gasteiger partial charge in [-0.05, 0) is 43.7 Å². The molecule has 0 saturated carbocycles. The summed E-state index contributed by atoms with van der Waals surface area (Å²) in [7, 11) is -1.69. The van der Waals surface area contributed by atoms with Crippen molar-refractivity contribution in [2.45, 2.75) is 43.4 Å². The number of likely N-dealkylation sites (tertiary alicyclic amines) is 1. The summed E-state index contributed by atoms with van der Waals surface area (Å²) in [6, 6.07) is 9.06. The first-order chi connectivity index (χ1) is 14.4. The molecule has 5 rings (SSSR count). The van der Waals surface area contributed by atoms with Crippen LogP contribution in [0.25, 0.3) is 0 Å². The zero-order valence-corrected chi connectivity index (χ0v) is 18.2. The maximum Gasteiger partial charge on any atom is 0.247 e. The molecule has 3 aliphatic heterocycles. The fourth-order valence-corrected chi connectivity index (χ4v) is 6.89. The largest absolute Gasteiger partial charge is 0.454 e. The number of sulfonamides is 1. The van der Waals surface area contributed by atoms with Crippen LogP contribution in [-0.2, 0) is 16.6 Å². The van der Waals surface area contributed by atoms with Crippen molar-refractivity contribution in [2.75, 3.05) is 31.8 Å². The molecule has 1 saturated heterocycles. The van der Waals surface area contributed by atoms with Gasteiger partial charge in [0.15, 0.2) is 11.5 Å². The molecule has 1 aromatic heterocycles. The third kappa shape index (κ3) is 3.03. The Morgan fingerprint density at radius 2 is 1.90 bits per heavy atom. The summed E-state index contributed by atoms with van der Waals surface area (Å²) in [5.74, 6) is 2.06. The van der Waals surface area contributed by atoms with Gasteiger partial charge in [-0.3, -0.25) is 4.90 Å². The molecule has 0 amide bonds. The molecule has 0 radical (unpaired) electrons. The molecule has 9 heteroatoms. The van der Waals surface area contributed by atoms with Crippen molar-refractivity contribution >= 4 is 15.8 Å². The number of hydrogen-bond acceptors (Lipinski definition) is 7. The SMILES string of the molecule is CC(C)N1[C@@H]2CN(Cc3ccc4c(c3)OCO4)C[C@H]2N(C)c2ncccc2S1(=O)=O. The molecule has 0 N–H and O–H groups in total. The van der Waals surface area contributed by atoms with Crippen molar-refractivity contribution in [3.63, 3.8) is 0 Å². The minimum atomic E-state index is -3.64. The summed E-state index contributed by atoms with van der Waals surface area (Å²) < 4.78 is 39.7. The predicted molar refractivity (Wildman–Crippen MR) is 112 cm³/mol. The topological polar surface area (TPSA) is 75.2 Å². The Hall–Kier alpha value is -2.36. The molecule has 30 heavy (non-hydrogen) atoms. The summed E-state index contributed by atoms with van der Waals surface area (Å²) >= 11 is 0. The number of fused-ring (bicyclic) bond motifs is 3. The highest BCUT2D eigenvalue weighted by Crippen LogP contribution is 2.38. The van der Waals surface area contributed by atoms with Crippen molar-refractivity contribution < 1.29 is 17.9 Å². The number of benzene rings is 1. The van der Waals surface area contributed by atoms with Gasteiger partial charge in [-0.25, -0.2) is 13.4 Å². The van der Waals surface area contributed by atoms with Crippen molar-refractivity contribution in [3.8, 4) is 11.5 Å². The molecule has 160 valence electrons. The maximum absolute atomic E-state index is 13.6. The quantitative estimate of drug-likeness (QED) is 0.736. The number of hydrogen-bond donors (Lipinski definition) is 0. The lowest BCUT2D eigenvalue weighted by Crippen LogP contribution is -2.52. The van der Waals surface area contributed by atoms with Gasteiger partial charge in [0, 0.05) is 38.9 Å². The van der Waals surface area contributed by atoms with E-state index in [1.54, 1.807) is 22.6 Å². The van der Waals surface area contributed by atoms with Crippen LogP contribution in [0.15, 0.2) is 41.4 Å². The Morgan fingerprint density at radius 3 is 2.70 bits per heavy atom. The summed E-state index contributed by atoms with van der Waals surface area (Å²) in [5.41, 5.74) is 1.12. The summed E-state index contributed by atoms with van der Waals surface area (Å²) in [6.45, 7) is 6.27. The minimum absolute atomic E-state index is 0.0207. The van der Waals surface area contributed by atoms with Gasteiger partial charge in [-0.1, -0.05) is 6.07 Å². The van der Waals surface area contributed by atoms with E-state index in [0.29, 0.717) is 12.4 Å². The second-order valence-electron chi connectivity index (χ2n) is 8.38. The lowest BCUT2D eigenvalue weighted by Gasteiger charge is -2.34. The van der Waals surface area contributed by atoms with E-state index in [0.717, 1.165) is 30.2 Å². The highest BCUT2D eigenvalue weighted by Gasteiger charge is 2.49. The van der Waals surface area contributed by atoms with Crippen LogP contribution in [0.3, 0.4) is 0 Å². The Balaban J connectivity index is 1.48. The van der Waals surface area contributed by atoms with Gasteiger partial charge in [-0.2, -0.15) is 4.31 Å². The van der Waals surface area contributed by atoms with Gasteiger partial charge in [0.2, 0.25) is 16.8 Å². The number of likely N-dealkylation sites (N-methyl/N-ethyl adjacent to an activating group) is 1. The number of nitrogens with zero attached hydrogens (tertiary/aromatic N) is 4. The molecule has 0 bridgehead atoms. The van der Waals surface area contributed by atoms with E-state index in [4.69, 9.17) is 9.47 Å². The van der Waals surface area contributed by atoms with Crippen LogP contribution < -0.4 is 14.4 Å². The van der Waals surface area contributed by atoms with E-state index < -0.39 is 10.0 Å². The average molecular weight is 431 g/mol. The fourth-order valence-electron chi connectivity index (χ4n) is 4.86. The van der Waals surface area contributed by atoms with Crippen LogP contribution in [0.2, 0.25) is 0 Å². The third-order valence-corrected chi connectivity index (χ3v) is 8.27. The van der Waals surface area contributed by atoms with E-state index in [2.05, 4.69) is 9.88 Å². The fraction of sp³-hybridized carbons (Fsp3) is 0.476. The molecule has 0 spiro atoms. The Bertz CT molecular complexity index is 1070. The van der Waals surface area contributed by atoms with Crippen molar-refractivity contribution in [1.82, 2.24) is 14.2 Å². The van der Waals surface area contributed by atoms with Gasteiger partial charge in [-0.15, -0.1) is 0 Å². The van der Waals surface area contributed by atoms with Gasteiger partial charge in [0.1, 0.15) is 10.7 Å². The number of pyridine rings is 1. The van der Waals surface area contributed by atoms with Gasteiger partial charge in [0.05, 0.1) is 12.1 Å². The summed E-state index contributed by atoms with van der Waals surface area (Å²) in [6.07, 6.45) is 1.66. The first-order valence-electron chi connectivity index (χ1n) is 10.2. The standard InChI is InChI=1S/C21H26N4O4S/c1-14(2)25-17-12-24(10-15-6-7-18-19(9-15)29-13-28-18)11-16(17)23(3)21-20(30(25,26)27)5-4-8-22-21/h4-9,14,16-17H,10-13H2,1-3H3/t16-,17-/m1/s1. The van der Waals surface area contributed by atoms with Crippen LogP contribution in [-0.4, -0.2) is 67.7 Å². The van der Waals surface area contributed by atoms with E-state index in [1.807, 2.05) is 44.0 Å². The molecule has 2 atom stereocenters. The second-order valence-corrected chi connectivity index (χ2v) is 10.2. The van der Waals surface area contributed by atoms with Crippen LogP contribution in [0, 0.1) is 0 Å². The lowest BCUT2D eigenvalue weighted by molar-refractivity contribution is 0.174. The number of aromatic nitrogens is 1. The molecule has 4 heterocycles. The molecule has 0 unspecified atom stereocenters. The summed E-state index contributed by atoms with van der Waals surface area (Å²) in [5, 5.41) is 0. The first kappa shape index (κ1) is 19.6. The van der Waals surface area contributed by atoms with E-state index in [1.165, 1.54) is 0 Å². The molecular weight excluding hydrogens is 404 g/mol. The highest BCUT2D eigenvalue weighted by atomic mass is 32.2. The Labute approximate surface area is 177 Å². The van der Waals surface area contributed by atoms with Crippen LogP contribution >= 0.6 is 0 Å². The monoisotopic (exact) mass is 430 g/mol. The van der Waals surface area contributed by atoms with E-state index in [9.17, 15) is 8.42 Å².